The zero-order valence-corrected chi connectivity index (χ0v) is 12.5. The summed E-state index contributed by atoms with van der Waals surface area (Å²) >= 11 is 0. The van der Waals surface area contributed by atoms with Gasteiger partial charge in [-0.1, -0.05) is 25.1 Å². The number of amides is 1. The summed E-state index contributed by atoms with van der Waals surface area (Å²) in [6.07, 6.45) is 0.994. The average Bonchev–Trinajstić information content (AvgIpc) is 2.48. The Morgan fingerprint density at radius 1 is 1.20 bits per heavy atom. The average molecular weight is 276 g/mol. The summed E-state index contributed by atoms with van der Waals surface area (Å²) in [4.78, 5) is 15.5. The third kappa shape index (κ3) is 3.97. The van der Waals surface area contributed by atoms with Crippen molar-refractivity contribution in [2.24, 2.45) is 0 Å². The molecule has 1 aromatic rings. The molecule has 0 bridgehead atoms. The minimum atomic E-state index is 0.178. The van der Waals surface area contributed by atoms with Gasteiger partial charge >= 0.3 is 0 Å². The Hall–Kier alpha value is -1.55. The van der Waals surface area contributed by atoms with Crippen LogP contribution in [0.25, 0.3) is 0 Å². The van der Waals surface area contributed by atoms with Crippen molar-refractivity contribution in [2.75, 3.05) is 39.3 Å². The number of aryl methyl sites for hydroxylation is 1. The molecule has 0 spiro atoms. The molecular weight excluding hydrogens is 252 g/mol. The predicted octanol–water partition coefficient (Wildman–Crippen LogP) is 1.79. The van der Waals surface area contributed by atoms with E-state index >= 15 is 0 Å². The molecule has 4 nitrogen and oxygen atoms in total. The van der Waals surface area contributed by atoms with E-state index in [9.17, 15) is 4.79 Å². The van der Waals surface area contributed by atoms with Gasteiger partial charge in [0, 0.05) is 39.6 Å². The molecule has 20 heavy (non-hydrogen) atoms. The van der Waals surface area contributed by atoms with Crippen molar-refractivity contribution in [3.05, 3.63) is 29.8 Å². The summed E-state index contributed by atoms with van der Waals surface area (Å²) in [6, 6.07) is 8.21. The van der Waals surface area contributed by atoms with Crippen LogP contribution in [0.1, 0.15) is 19.4 Å². The fourth-order valence-corrected chi connectivity index (χ4v) is 2.51. The van der Waals surface area contributed by atoms with Crippen molar-refractivity contribution in [3.8, 4) is 5.75 Å². The van der Waals surface area contributed by atoms with E-state index in [1.54, 1.807) is 6.92 Å². The van der Waals surface area contributed by atoms with Gasteiger partial charge in [-0.3, -0.25) is 9.69 Å². The van der Waals surface area contributed by atoms with Crippen molar-refractivity contribution in [1.82, 2.24) is 9.80 Å². The van der Waals surface area contributed by atoms with E-state index < -0.39 is 0 Å². The fraction of sp³-hybridized carbons (Fsp3) is 0.562. The quantitative estimate of drug-likeness (QED) is 0.822. The molecule has 0 radical (unpaired) electrons. The maximum atomic E-state index is 11.3. The first-order chi connectivity index (χ1) is 9.70. The number of hydrogen-bond acceptors (Lipinski definition) is 3. The largest absolute Gasteiger partial charge is 0.492 e. The number of para-hydroxylation sites is 1. The SMILES string of the molecule is CCc1ccccc1OCCN1CCN(C(C)=O)CC1. The van der Waals surface area contributed by atoms with Crippen LogP contribution in [0.5, 0.6) is 5.75 Å². The molecule has 1 fully saturated rings. The van der Waals surface area contributed by atoms with Gasteiger partial charge in [-0.05, 0) is 18.1 Å². The molecule has 0 atom stereocenters. The van der Waals surface area contributed by atoms with Crippen molar-refractivity contribution in [1.29, 1.82) is 0 Å². The van der Waals surface area contributed by atoms with Gasteiger partial charge < -0.3 is 9.64 Å². The molecule has 0 aliphatic carbocycles. The molecule has 110 valence electrons. The monoisotopic (exact) mass is 276 g/mol. The minimum absolute atomic E-state index is 0.178. The van der Waals surface area contributed by atoms with Crippen LogP contribution in [0.15, 0.2) is 24.3 Å². The van der Waals surface area contributed by atoms with Crippen molar-refractivity contribution in [2.45, 2.75) is 20.3 Å². The molecule has 0 aromatic heterocycles. The second kappa shape index (κ2) is 7.29. The first-order valence-electron chi connectivity index (χ1n) is 7.39. The summed E-state index contributed by atoms with van der Waals surface area (Å²) in [6.45, 7) is 8.96. The Morgan fingerprint density at radius 3 is 2.55 bits per heavy atom. The highest BCUT2D eigenvalue weighted by Gasteiger charge is 2.18. The van der Waals surface area contributed by atoms with Crippen LogP contribution in [-0.2, 0) is 11.2 Å². The first-order valence-corrected chi connectivity index (χ1v) is 7.39. The molecule has 1 aromatic carbocycles. The molecule has 1 heterocycles. The number of benzene rings is 1. The Morgan fingerprint density at radius 2 is 1.90 bits per heavy atom. The summed E-state index contributed by atoms with van der Waals surface area (Å²) in [5, 5.41) is 0. The van der Waals surface area contributed by atoms with Gasteiger partial charge in [0.25, 0.3) is 0 Å². The minimum Gasteiger partial charge on any atom is -0.492 e. The zero-order chi connectivity index (χ0) is 14.4. The summed E-state index contributed by atoms with van der Waals surface area (Å²) in [5.74, 6) is 1.18. The lowest BCUT2D eigenvalue weighted by atomic mass is 10.1. The summed E-state index contributed by atoms with van der Waals surface area (Å²) < 4.78 is 5.88. The number of piperazine rings is 1. The molecular formula is C16H24N2O2. The van der Waals surface area contributed by atoms with Crippen molar-refractivity contribution < 1.29 is 9.53 Å². The number of nitrogens with zero attached hydrogens (tertiary/aromatic N) is 2. The van der Waals surface area contributed by atoms with Crippen molar-refractivity contribution >= 4 is 5.91 Å². The lowest BCUT2D eigenvalue weighted by molar-refractivity contribution is -0.130. The second-order valence-corrected chi connectivity index (χ2v) is 5.16. The van der Waals surface area contributed by atoms with Crippen LogP contribution < -0.4 is 4.74 Å². The van der Waals surface area contributed by atoms with Crippen LogP contribution in [-0.4, -0.2) is 55.0 Å². The lowest BCUT2D eigenvalue weighted by Crippen LogP contribution is -2.48. The van der Waals surface area contributed by atoms with Crippen molar-refractivity contribution in [3.63, 3.8) is 0 Å². The van der Waals surface area contributed by atoms with E-state index in [2.05, 4.69) is 17.9 Å². The van der Waals surface area contributed by atoms with Gasteiger partial charge in [0.2, 0.25) is 5.91 Å². The third-order valence-electron chi connectivity index (χ3n) is 3.84. The Bertz CT molecular complexity index is 440. The molecule has 2 rings (SSSR count). The van der Waals surface area contributed by atoms with E-state index in [-0.39, 0.29) is 5.91 Å². The van der Waals surface area contributed by atoms with Gasteiger partial charge in [-0.25, -0.2) is 0 Å². The zero-order valence-electron chi connectivity index (χ0n) is 12.5. The molecule has 1 amide bonds. The Kier molecular flexibility index (Phi) is 5.41. The highest BCUT2D eigenvalue weighted by Crippen LogP contribution is 2.18. The number of ether oxygens (including phenoxy) is 1. The van der Waals surface area contributed by atoms with E-state index in [0.717, 1.165) is 44.9 Å². The van der Waals surface area contributed by atoms with Crippen LogP contribution in [0.2, 0.25) is 0 Å². The molecule has 4 heteroatoms. The van der Waals surface area contributed by atoms with E-state index in [1.165, 1.54) is 5.56 Å². The number of carbonyl (C=O) groups is 1. The topological polar surface area (TPSA) is 32.8 Å². The Labute approximate surface area is 121 Å². The molecule has 1 aliphatic rings. The second-order valence-electron chi connectivity index (χ2n) is 5.16. The van der Waals surface area contributed by atoms with E-state index in [0.29, 0.717) is 6.61 Å². The van der Waals surface area contributed by atoms with Crippen LogP contribution in [0.4, 0.5) is 0 Å². The Balaban J connectivity index is 1.73. The van der Waals surface area contributed by atoms with Crippen LogP contribution in [0.3, 0.4) is 0 Å². The van der Waals surface area contributed by atoms with Gasteiger partial charge in [-0.2, -0.15) is 0 Å². The van der Waals surface area contributed by atoms with Gasteiger partial charge in [0.15, 0.2) is 0 Å². The first kappa shape index (κ1) is 14.9. The molecule has 1 aliphatic heterocycles. The molecule has 0 N–H and O–H groups in total. The van der Waals surface area contributed by atoms with Gasteiger partial charge in [0.05, 0.1) is 0 Å². The van der Waals surface area contributed by atoms with E-state index in [4.69, 9.17) is 4.74 Å². The third-order valence-corrected chi connectivity index (χ3v) is 3.84. The van der Waals surface area contributed by atoms with Gasteiger partial charge in [0.1, 0.15) is 12.4 Å². The number of rotatable bonds is 5. The molecule has 1 saturated heterocycles. The number of carbonyl (C=O) groups excluding carboxylic acids is 1. The maximum absolute atomic E-state index is 11.3. The molecule has 0 unspecified atom stereocenters. The predicted molar refractivity (Wildman–Crippen MR) is 80.0 cm³/mol. The summed E-state index contributed by atoms with van der Waals surface area (Å²) in [7, 11) is 0. The smallest absolute Gasteiger partial charge is 0.219 e. The maximum Gasteiger partial charge on any atom is 0.219 e. The van der Waals surface area contributed by atoms with Crippen LogP contribution in [0, 0.1) is 0 Å². The van der Waals surface area contributed by atoms with Crippen LogP contribution >= 0.6 is 0 Å². The fourth-order valence-electron chi connectivity index (χ4n) is 2.51. The summed E-state index contributed by atoms with van der Waals surface area (Å²) in [5.41, 5.74) is 1.26. The number of hydrogen-bond donors (Lipinski definition) is 0. The highest BCUT2D eigenvalue weighted by atomic mass is 16.5. The molecule has 0 saturated carbocycles. The standard InChI is InChI=1S/C16H24N2O2/c1-3-15-6-4-5-7-16(15)20-13-12-17-8-10-18(11-9-17)14(2)19/h4-7H,3,8-13H2,1-2H3. The highest BCUT2D eigenvalue weighted by molar-refractivity contribution is 5.73. The normalized spacial score (nSPS) is 16.2. The van der Waals surface area contributed by atoms with Gasteiger partial charge in [-0.15, -0.1) is 0 Å². The lowest BCUT2D eigenvalue weighted by Gasteiger charge is -2.34. The van der Waals surface area contributed by atoms with E-state index in [1.807, 2.05) is 23.1 Å².